The minimum Gasteiger partial charge on any atom is -0.325 e. The number of nitrogens with zero attached hydrogens (tertiary/aromatic N) is 1. The van der Waals surface area contributed by atoms with E-state index < -0.39 is 0 Å². The molecule has 3 heteroatoms. The zero-order valence-electron chi connectivity index (χ0n) is 10.6. The average molecular weight is 258 g/mol. The van der Waals surface area contributed by atoms with Gasteiger partial charge < -0.3 is 5.73 Å². The Bertz CT molecular complexity index is 542. The second kappa shape index (κ2) is 4.82. The van der Waals surface area contributed by atoms with E-state index in [9.17, 15) is 0 Å². The van der Waals surface area contributed by atoms with Gasteiger partial charge in [0.1, 0.15) is 5.01 Å². The normalized spacial score (nSPS) is 18.7. The molecule has 1 unspecified atom stereocenters. The molecule has 2 nitrogen and oxygen atoms in total. The van der Waals surface area contributed by atoms with Crippen LogP contribution in [0.1, 0.15) is 39.0 Å². The summed E-state index contributed by atoms with van der Waals surface area (Å²) in [5.41, 5.74) is 9.77. The lowest BCUT2D eigenvalue weighted by atomic mass is 9.85. The van der Waals surface area contributed by atoms with Gasteiger partial charge in [-0.15, -0.1) is 11.3 Å². The van der Waals surface area contributed by atoms with Crippen LogP contribution >= 0.6 is 11.3 Å². The summed E-state index contributed by atoms with van der Waals surface area (Å²) in [7, 11) is 0. The Morgan fingerprint density at radius 3 is 2.83 bits per heavy atom. The number of hydrogen-bond acceptors (Lipinski definition) is 3. The minimum atomic E-state index is 0.576. The Labute approximate surface area is 112 Å². The fourth-order valence-corrected chi connectivity index (χ4v) is 3.71. The van der Waals surface area contributed by atoms with Crippen LogP contribution in [-0.2, 0) is 19.4 Å². The van der Waals surface area contributed by atoms with E-state index in [4.69, 9.17) is 5.73 Å². The van der Waals surface area contributed by atoms with Crippen molar-refractivity contribution in [1.29, 1.82) is 0 Å². The fraction of sp³-hybridized carbons (Fsp3) is 0.400. The number of aryl methyl sites for hydroxylation is 2. The monoisotopic (exact) mass is 258 g/mol. The van der Waals surface area contributed by atoms with E-state index in [0.29, 0.717) is 12.5 Å². The third-order valence-electron chi connectivity index (χ3n) is 3.71. The number of hydrogen-bond donors (Lipinski definition) is 1. The first-order valence-electron chi connectivity index (χ1n) is 6.50. The maximum Gasteiger partial charge on any atom is 0.107 e. The van der Waals surface area contributed by atoms with Crippen molar-refractivity contribution in [3.8, 4) is 0 Å². The van der Waals surface area contributed by atoms with E-state index in [1.54, 1.807) is 11.3 Å². The highest BCUT2D eigenvalue weighted by Crippen LogP contribution is 2.35. The highest BCUT2D eigenvalue weighted by atomic mass is 32.1. The van der Waals surface area contributed by atoms with Crippen LogP contribution in [0, 0.1) is 6.92 Å². The van der Waals surface area contributed by atoms with Crippen molar-refractivity contribution in [2.45, 2.75) is 38.6 Å². The highest BCUT2D eigenvalue weighted by molar-refractivity contribution is 7.11. The van der Waals surface area contributed by atoms with E-state index in [0.717, 1.165) is 17.8 Å². The SMILES string of the molecule is Cc1ccc(C2CCc3nc(CN)sc3C2)cc1. The Morgan fingerprint density at radius 2 is 2.11 bits per heavy atom. The number of fused-ring (bicyclic) bond motifs is 1. The summed E-state index contributed by atoms with van der Waals surface area (Å²) in [6.07, 6.45) is 3.45. The maximum atomic E-state index is 5.67. The molecule has 0 radical (unpaired) electrons. The predicted octanol–water partition coefficient (Wildman–Crippen LogP) is 3.18. The van der Waals surface area contributed by atoms with E-state index in [1.807, 2.05) is 0 Å². The van der Waals surface area contributed by atoms with Gasteiger partial charge in [0, 0.05) is 11.4 Å². The lowest BCUT2D eigenvalue weighted by Gasteiger charge is -2.21. The predicted molar refractivity (Wildman–Crippen MR) is 76.0 cm³/mol. The molecule has 18 heavy (non-hydrogen) atoms. The van der Waals surface area contributed by atoms with Crippen molar-refractivity contribution in [2.75, 3.05) is 0 Å². The zero-order chi connectivity index (χ0) is 12.5. The van der Waals surface area contributed by atoms with Gasteiger partial charge in [0.25, 0.3) is 0 Å². The Morgan fingerprint density at radius 1 is 1.33 bits per heavy atom. The van der Waals surface area contributed by atoms with Crippen LogP contribution in [0.15, 0.2) is 24.3 Å². The first-order chi connectivity index (χ1) is 8.76. The lowest BCUT2D eigenvalue weighted by Crippen LogP contribution is -2.11. The number of nitrogens with two attached hydrogens (primary N) is 1. The first-order valence-corrected chi connectivity index (χ1v) is 7.32. The van der Waals surface area contributed by atoms with Crippen LogP contribution in [-0.4, -0.2) is 4.98 Å². The number of thiazole rings is 1. The highest BCUT2D eigenvalue weighted by Gasteiger charge is 2.23. The van der Waals surface area contributed by atoms with Gasteiger partial charge >= 0.3 is 0 Å². The van der Waals surface area contributed by atoms with Crippen LogP contribution < -0.4 is 5.73 Å². The van der Waals surface area contributed by atoms with Gasteiger partial charge in [-0.25, -0.2) is 4.98 Å². The molecule has 0 saturated heterocycles. The molecule has 1 aromatic carbocycles. The molecule has 1 atom stereocenters. The van der Waals surface area contributed by atoms with E-state index in [1.165, 1.54) is 28.1 Å². The van der Waals surface area contributed by atoms with Gasteiger partial charge in [0.05, 0.1) is 5.69 Å². The second-order valence-electron chi connectivity index (χ2n) is 5.03. The zero-order valence-corrected chi connectivity index (χ0v) is 11.5. The molecule has 94 valence electrons. The molecule has 0 amide bonds. The van der Waals surface area contributed by atoms with Crippen molar-refractivity contribution in [3.05, 3.63) is 51.0 Å². The largest absolute Gasteiger partial charge is 0.325 e. The summed E-state index contributed by atoms with van der Waals surface area (Å²) in [6.45, 7) is 2.71. The van der Waals surface area contributed by atoms with Gasteiger partial charge in [0.15, 0.2) is 0 Å². The summed E-state index contributed by atoms with van der Waals surface area (Å²) >= 11 is 1.80. The Hall–Kier alpha value is -1.19. The third kappa shape index (κ3) is 2.20. The molecule has 1 aromatic heterocycles. The topological polar surface area (TPSA) is 38.9 Å². The second-order valence-corrected chi connectivity index (χ2v) is 6.20. The van der Waals surface area contributed by atoms with Crippen LogP contribution in [0.2, 0.25) is 0 Å². The molecule has 0 aliphatic heterocycles. The van der Waals surface area contributed by atoms with E-state index in [-0.39, 0.29) is 0 Å². The van der Waals surface area contributed by atoms with Gasteiger partial charge in [-0.3, -0.25) is 0 Å². The molecular formula is C15H18N2S. The maximum absolute atomic E-state index is 5.67. The molecular weight excluding hydrogens is 240 g/mol. The van der Waals surface area contributed by atoms with Crippen molar-refractivity contribution in [2.24, 2.45) is 5.73 Å². The number of benzene rings is 1. The fourth-order valence-electron chi connectivity index (χ4n) is 2.64. The third-order valence-corrected chi connectivity index (χ3v) is 4.85. The summed E-state index contributed by atoms with van der Waals surface area (Å²) in [6, 6.07) is 8.97. The quantitative estimate of drug-likeness (QED) is 0.898. The van der Waals surface area contributed by atoms with E-state index >= 15 is 0 Å². The van der Waals surface area contributed by atoms with Crippen LogP contribution in [0.3, 0.4) is 0 Å². The van der Waals surface area contributed by atoms with Crippen molar-refractivity contribution >= 4 is 11.3 Å². The summed E-state index contributed by atoms with van der Waals surface area (Å²) in [5.74, 6) is 0.657. The Kier molecular flexibility index (Phi) is 3.18. The van der Waals surface area contributed by atoms with Gasteiger partial charge in [-0.05, 0) is 37.7 Å². The van der Waals surface area contributed by atoms with Gasteiger partial charge in [0.2, 0.25) is 0 Å². The average Bonchev–Trinajstić information content (AvgIpc) is 2.81. The molecule has 1 aliphatic carbocycles. The van der Waals surface area contributed by atoms with Crippen molar-refractivity contribution in [3.63, 3.8) is 0 Å². The molecule has 0 saturated carbocycles. The molecule has 1 aliphatic rings. The van der Waals surface area contributed by atoms with Gasteiger partial charge in [-0.2, -0.15) is 0 Å². The molecule has 0 fully saturated rings. The van der Waals surface area contributed by atoms with Crippen LogP contribution in [0.4, 0.5) is 0 Å². The van der Waals surface area contributed by atoms with E-state index in [2.05, 4.69) is 36.2 Å². The van der Waals surface area contributed by atoms with Crippen LogP contribution in [0.5, 0.6) is 0 Å². The minimum absolute atomic E-state index is 0.576. The molecule has 3 rings (SSSR count). The van der Waals surface area contributed by atoms with Crippen molar-refractivity contribution in [1.82, 2.24) is 4.98 Å². The van der Waals surface area contributed by atoms with Gasteiger partial charge in [-0.1, -0.05) is 29.8 Å². The number of aromatic nitrogens is 1. The summed E-state index contributed by atoms with van der Waals surface area (Å²) < 4.78 is 0. The lowest BCUT2D eigenvalue weighted by molar-refractivity contribution is 0.583. The molecule has 2 N–H and O–H groups in total. The smallest absolute Gasteiger partial charge is 0.107 e. The summed E-state index contributed by atoms with van der Waals surface area (Å²) in [4.78, 5) is 6.06. The van der Waals surface area contributed by atoms with Crippen molar-refractivity contribution < 1.29 is 0 Å². The molecule has 0 spiro atoms. The molecule has 2 aromatic rings. The van der Waals surface area contributed by atoms with Crippen LogP contribution in [0.25, 0.3) is 0 Å². The summed E-state index contributed by atoms with van der Waals surface area (Å²) in [5, 5.41) is 1.09. The molecule has 1 heterocycles. The Balaban J connectivity index is 1.83. The standard InChI is InChI=1S/C15H18N2S/c1-10-2-4-11(5-3-10)12-6-7-13-14(8-12)18-15(9-16)17-13/h2-5,12H,6-9,16H2,1H3. The first kappa shape index (κ1) is 11.9. The molecule has 0 bridgehead atoms. The number of rotatable bonds is 2.